The number of carbonyl (C=O) groups excluding carboxylic acids is 2. The smallest absolute Gasteiger partial charge is 0.330 e. The number of methoxy groups -OCH3 is 1. The average Bonchev–Trinajstić information content (AvgIpc) is 2.32. The third kappa shape index (κ3) is 6.06. The van der Waals surface area contributed by atoms with E-state index in [0.717, 1.165) is 6.08 Å². The Kier molecular flexibility index (Phi) is 7.21. The van der Waals surface area contributed by atoms with Crippen molar-refractivity contribution < 1.29 is 23.8 Å². The van der Waals surface area contributed by atoms with Gasteiger partial charge in [-0.1, -0.05) is 13.5 Å². The Labute approximate surface area is 102 Å². The van der Waals surface area contributed by atoms with Crippen molar-refractivity contribution in [2.45, 2.75) is 20.3 Å². The molecule has 0 rings (SSSR count). The lowest BCUT2D eigenvalue weighted by atomic mass is 9.88. The van der Waals surface area contributed by atoms with Crippen molar-refractivity contribution in [1.29, 1.82) is 0 Å². The summed E-state index contributed by atoms with van der Waals surface area (Å²) in [7, 11) is 1.55. The Morgan fingerprint density at radius 2 is 1.82 bits per heavy atom. The third-order valence-corrected chi connectivity index (χ3v) is 2.47. The fraction of sp³-hybridized carbons (Fsp3) is 0.667. The van der Waals surface area contributed by atoms with E-state index in [1.807, 2.05) is 6.92 Å². The minimum absolute atomic E-state index is 0.134. The molecular weight excluding hydrogens is 224 g/mol. The Bertz CT molecular complexity index is 274. The zero-order chi connectivity index (χ0) is 13.3. The van der Waals surface area contributed by atoms with Crippen LogP contribution in [-0.2, 0) is 23.8 Å². The highest BCUT2D eigenvalue weighted by Gasteiger charge is 2.31. The van der Waals surface area contributed by atoms with Crippen LogP contribution in [0.25, 0.3) is 0 Å². The van der Waals surface area contributed by atoms with Crippen molar-refractivity contribution in [3.05, 3.63) is 12.7 Å². The van der Waals surface area contributed by atoms with Crippen LogP contribution < -0.4 is 0 Å². The predicted octanol–water partition coefficient (Wildman–Crippen LogP) is 1.32. The summed E-state index contributed by atoms with van der Waals surface area (Å²) < 4.78 is 15.1. The van der Waals surface area contributed by atoms with Crippen molar-refractivity contribution >= 4 is 11.9 Å². The van der Waals surface area contributed by atoms with E-state index in [1.54, 1.807) is 7.11 Å². The first-order valence-electron chi connectivity index (χ1n) is 5.41. The lowest BCUT2D eigenvalue weighted by molar-refractivity contribution is -0.153. The van der Waals surface area contributed by atoms with Crippen LogP contribution in [0, 0.1) is 5.41 Å². The van der Waals surface area contributed by atoms with Crippen LogP contribution in [0.3, 0.4) is 0 Å². The molecule has 0 aliphatic rings. The van der Waals surface area contributed by atoms with Gasteiger partial charge in [-0.05, 0) is 6.42 Å². The molecule has 0 N–H and O–H groups in total. The van der Waals surface area contributed by atoms with Crippen LogP contribution in [0.4, 0.5) is 0 Å². The molecular formula is C12H20O5. The molecule has 0 radical (unpaired) electrons. The topological polar surface area (TPSA) is 61.8 Å². The second kappa shape index (κ2) is 7.84. The first-order chi connectivity index (χ1) is 7.99. The van der Waals surface area contributed by atoms with Crippen LogP contribution in [-0.4, -0.2) is 38.9 Å². The summed E-state index contributed by atoms with van der Waals surface area (Å²) in [6, 6.07) is 0. The van der Waals surface area contributed by atoms with E-state index >= 15 is 0 Å². The highest BCUT2D eigenvalue weighted by atomic mass is 16.6. The number of esters is 2. The Balaban J connectivity index is 4.50. The van der Waals surface area contributed by atoms with E-state index in [4.69, 9.17) is 14.2 Å². The van der Waals surface area contributed by atoms with Crippen LogP contribution in [0.2, 0.25) is 0 Å². The first kappa shape index (κ1) is 15.6. The highest BCUT2D eigenvalue weighted by Crippen LogP contribution is 2.23. The van der Waals surface area contributed by atoms with Crippen molar-refractivity contribution in [2.75, 3.05) is 26.9 Å². The molecule has 0 aliphatic heterocycles. The van der Waals surface area contributed by atoms with Gasteiger partial charge in [-0.2, -0.15) is 0 Å². The molecule has 0 bridgehead atoms. The maximum atomic E-state index is 11.0. The second-order valence-electron chi connectivity index (χ2n) is 3.88. The van der Waals surface area contributed by atoms with E-state index < -0.39 is 11.4 Å². The first-order valence-corrected chi connectivity index (χ1v) is 5.41. The maximum Gasteiger partial charge on any atom is 0.330 e. The summed E-state index contributed by atoms with van der Waals surface area (Å²) in [6.07, 6.45) is 1.76. The Morgan fingerprint density at radius 3 is 2.24 bits per heavy atom. The van der Waals surface area contributed by atoms with Gasteiger partial charge in [-0.15, -0.1) is 0 Å². The third-order valence-electron chi connectivity index (χ3n) is 2.47. The van der Waals surface area contributed by atoms with Crippen molar-refractivity contribution in [1.82, 2.24) is 0 Å². The molecule has 1 unspecified atom stereocenters. The quantitative estimate of drug-likeness (QED) is 0.476. The lowest BCUT2D eigenvalue weighted by Crippen LogP contribution is -2.37. The summed E-state index contributed by atoms with van der Waals surface area (Å²) in [5.74, 6) is -0.865. The molecule has 0 heterocycles. The molecule has 0 aliphatic carbocycles. The zero-order valence-corrected chi connectivity index (χ0v) is 10.7. The molecule has 0 aromatic heterocycles. The number of rotatable bonds is 8. The Morgan fingerprint density at radius 1 is 1.24 bits per heavy atom. The molecule has 0 saturated carbocycles. The van der Waals surface area contributed by atoms with E-state index in [9.17, 15) is 9.59 Å². The van der Waals surface area contributed by atoms with Crippen molar-refractivity contribution in [3.8, 4) is 0 Å². The number of hydrogen-bond donors (Lipinski definition) is 0. The number of ether oxygens (including phenoxy) is 3. The Hall–Kier alpha value is -1.36. The lowest BCUT2D eigenvalue weighted by Gasteiger charge is -2.30. The van der Waals surface area contributed by atoms with Crippen LogP contribution in [0.15, 0.2) is 12.7 Å². The summed E-state index contributed by atoms with van der Waals surface area (Å²) in [5, 5.41) is 0. The monoisotopic (exact) mass is 244 g/mol. The molecule has 98 valence electrons. The van der Waals surface area contributed by atoms with Gasteiger partial charge >= 0.3 is 11.9 Å². The van der Waals surface area contributed by atoms with Gasteiger partial charge in [0.25, 0.3) is 0 Å². The molecule has 0 saturated heterocycles. The van der Waals surface area contributed by atoms with Gasteiger partial charge in [0.2, 0.25) is 0 Å². The van der Waals surface area contributed by atoms with Crippen molar-refractivity contribution in [2.24, 2.45) is 5.41 Å². The van der Waals surface area contributed by atoms with E-state index in [2.05, 4.69) is 6.58 Å². The van der Waals surface area contributed by atoms with Gasteiger partial charge in [-0.25, -0.2) is 4.79 Å². The van der Waals surface area contributed by atoms with Gasteiger partial charge < -0.3 is 14.2 Å². The zero-order valence-electron chi connectivity index (χ0n) is 10.7. The summed E-state index contributed by atoms with van der Waals surface area (Å²) in [5.41, 5.74) is -0.501. The van der Waals surface area contributed by atoms with Crippen LogP contribution >= 0.6 is 0 Å². The number of carbonyl (C=O) groups is 2. The largest absolute Gasteiger partial charge is 0.465 e. The molecule has 0 spiro atoms. The van der Waals surface area contributed by atoms with Gasteiger partial charge in [-0.3, -0.25) is 4.79 Å². The van der Waals surface area contributed by atoms with E-state index in [0.29, 0.717) is 13.0 Å². The average molecular weight is 244 g/mol. The van der Waals surface area contributed by atoms with Gasteiger partial charge in [0.1, 0.15) is 13.2 Å². The molecule has 5 nitrogen and oxygen atoms in total. The molecule has 0 aromatic carbocycles. The fourth-order valence-corrected chi connectivity index (χ4v) is 1.28. The van der Waals surface area contributed by atoms with E-state index in [-0.39, 0.29) is 19.2 Å². The number of hydrogen-bond acceptors (Lipinski definition) is 5. The normalized spacial score (nSPS) is 13.6. The molecule has 1 atom stereocenters. The molecule has 0 amide bonds. The van der Waals surface area contributed by atoms with Crippen LogP contribution in [0.1, 0.15) is 20.3 Å². The van der Waals surface area contributed by atoms with Gasteiger partial charge in [0.15, 0.2) is 0 Å². The summed E-state index contributed by atoms with van der Waals surface area (Å²) in [4.78, 5) is 21.8. The standard InChI is InChI=1S/C12H20O5/c1-5-11(14)17-9-12(6-2,7-15-4)8-16-10(3)13/h5H,1,6-9H2,2-4H3. The summed E-state index contributed by atoms with van der Waals surface area (Å²) in [6.45, 7) is 7.22. The van der Waals surface area contributed by atoms with Crippen LogP contribution in [0.5, 0.6) is 0 Å². The predicted molar refractivity (Wildman–Crippen MR) is 62.4 cm³/mol. The van der Waals surface area contributed by atoms with E-state index in [1.165, 1.54) is 6.92 Å². The SMILES string of the molecule is C=CC(=O)OCC(CC)(COC)COC(C)=O. The van der Waals surface area contributed by atoms with Gasteiger partial charge in [0.05, 0.1) is 12.0 Å². The fourth-order valence-electron chi connectivity index (χ4n) is 1.28. The summed E-state index contributed by atoms with van der Waals surface area (Å²) >= 11 is 0. The highest BCUT2D eigenvalue weighted by molar-refractivity contribution is 5.81. The second-order valence-corrected chi connectivity index (χ2v) is 3.88. The molecule has 0 fully saturated rings. The van der Waals surface area contributed by atoms with Gasteiger partial charge in [0, 0.05) is 20.1 Å². The molecule has 0 aromatic rings. The molecule has 5 heteroatoms. The minimum Gasteiger partial charge on any atom is -0.465 e. The minimum atomic E-state index is -0.501. The maximum absolute atomic E-state index is 11.0. The van der Waals surface area contributed by atoms with Crippen molar-refractivity contribution in [3.63, 3.8) is 0 Å². The molecule has 17 heavy (non-hydrogen) atoms.